The van der Waals surface area contributed by atoms with Gasteiger partial charge in [0, 0.05) is 28.6 Å². The van der Waals surface area contributed by atoms with Crippen LogP contribution in [0.2, 0.25) is 5.02 Å². The minimum atomic E-state index is -0.404. The zero-order valence-electron chi connectivity index (χ0n) is 10.2. The van der Waals surface area contributed by atoms with Crippen LogP contribution in [0, 0.1) is 16.0 Å². The summed E-state index contributed by atoms with van der Waals surface area (Å²) in [5, 5.41) is 11.4. The Bertz CT molecular complexity index is 411. The van der Waals surface area contributed by atoms with Crippen molar-refractivity contribution in [2.45, 2.75) is 32.7 Å². The number of nitro benzene ring substituents is 1. The van der Waals surface area contributed by atoms with Gasteiger partial charge in [0.2, 0.25) is 0 Å². The Kier molecular flexibility index (Phi) is 4.48. The van der Waals surface area contributed by atoms with Gasteiger partial charge in [0.25, 0.3) is 5.69 Å². The molecule has 2 atom stereocenters. The van der Waals surface area contributed by atoms with Crippen molar-refractivity contribution in [3.8, 4) is 0 Å². The third-order valence-electron chi connectivity index (χ3n) is 2.83. The Labute approximate surface area is 106 Å². The normalized spacial score (nSPS) is 14.7. The lowest BCUT2D eigenvalue weighted by molar-refractivity contribution is -0.385. The van der Waals surface area contributed by atoms with Gasteiger partial charge in [0.15, 0.2) is 0 Å². The molecule has 0 spiro atoms. The number of benzene rings is 1. The lowest BCUT2D eigenvalue weighted by Crippen LogP contribution is -2.29. The molecule has 2 unspecified atom stereocenters. The third-order valence-corrected chi connectivity index (χ3v) is 3.07. The summed E-state index contributed by atoms with van der Waals surface area (Å²) in [6, 6.07) is 4.61. The third kappa shape index (κ3) is 3.17. The second kappa shape index (κ2) is 5.47. The lowest BCUT2D eigenvalue weighted by Gasteiger charge is -2.24. The van der Waals surface area contributed by atoms with E-state index in [1.165, 1.54) is 6.07 Å². The molecule has 94 valence electrons. The first-order valence-corrected chi connectivity index (χ1v) is 5.91. The maximum atomic E-state index is 11.0. The number of rotatable bonds is 4. The fourth-order valence-corrected chi connectivity index (χ4v) is 2.37. The van der Waals surface area contributed by atoms with E-state index in [0.717, 1.165) is 0 Å². The molecule has 0 aliphatic carbocycles. The smallest absolute Gasteiger partial charge is 0.274 e. The summed E-state index contributed by atoms with van der Waals surface area (Å²) in [6.45, 7) is 5.88. The summed E-state index contributed by atoms with van der Waals surface area (Å²) in [6.07, 6.45) is 0. The molecule has 0 heterocycles. The molecule has 1 rings (SSSR count). The minimum Gasteiger partial charge on any atom is -0.327 e. The highest BCUT2D eigenvalue weighted by molar-refractivity contribution is 6.30. The van der Waals surface area contributed by atoms with Crippen LogP contribution in [0.5, 0.6) is 0 Å². The van der Waals surface area contributed by atoms with Crippen molar-refractivity contribution in [2.24, 2.45) is 11.7 Å². The SMILES string of the molecule is CC(C)C(c1ccc(Cl)cc1[N+](=O)[O-])C(C)N. The summed E-state index contributed by atoms with van der Waals surface area (Å²) in [7, 11) is 0. The summed E-state index contributed by atoms with van der Waals surface area (Å²) < 4.78 is 0. The molecule has 0 aliphatic rings. The Morgan fingerprint density at radius 2 is 1.94 bits per heavy atom. The van der Waals surface area contributed by atoms with E-state index in [1.54, 1.807) is 12.1 Å². The molecule has 0 bridgehead atoms. The molecule has 0 saturated carbocycles. The van der Waals surface area contributed by atoms with Gasteiger partial charge in [0.1, 0.15) is 0 Å². The second-order valence-corrected chi connectivity index (χ2v) is 5.03. The van der Waals surface area contributed by atoms with Crippen LogP contribution in [0.25, 0.3) is 0 Å². The summed E-state index contributed by atoms with van der Waals surface area (Å²) >= 11 is 5.79. The van der Waals surface area contributed by atoms with Gasteiger partial charge in [-0.1, -0.05) is 31.5 Å². The maximum absolute atomic E-state index is 11.0. The minimum absolute atomic E-state index is 0.0485. The fourth-order valence-electron chi connectivity index (χ4n) is 2.21. The van der Waals surface area contributed by atoms with Crippen molar-refractivity contribution >= 4 is 17.3 Å². The summed E-state index contributed by atoms with van der Waals surface area (Å²) in [4.78, 5) is 10.6. The van der Waals surface area contributed by atoms with Crippen molar-refractivity contribution < 1.29 is 4.92 Å². The molecular formula is C12H17ClN2O2. The molecule has 0 saturated heterocycles. The van der Waals surface area contributed by atoms with Crippen molar-refractivity contribution in [3.05, 3.63) is 38.9 Å². The number of nitrogens with two attached hydrogens (primary N) is 1. The van der Waals surface area contributed by atoms with Crippen LogP contribution in [0.4, 0.5) is 5.69 Å². The molecule has 5 heteroatoms. The van der Waals surface area contributed by atoms with Crippen molar-refractivity contribution in [2.75, 3.05) is 0 Å². The van der Waals surface area contributed by atoms with Crippen LogP contribution in [-0.2, 0) is 0 Å². The monoisotopic (exact) mass is 256 g/mol. The fraction of sp³-hybridized carbons (Fsp3) is 0.500. The first-order chi connectivity index (χ1) is 7.84. The van der Waals surface area contributed by atoms with Gasteiger partial charge in [-0.25, -0.2) is 0 Å². The van der Waals surface area contributed by atoms with Gasteiger partial charge in [-0.2, -0.15) is 0 Å². The number of hydrogen-bond donors (Lipinski definition) is 1. The van der Waals surface area contributed by atoms with Crippen LogP contribution in [0.3, 0.4) is 0 Å². The topological polar surface area (TPSA) is 69.2 Å². The molecule has 0 aromatic heterocycles. The standard InChI is InChI=1S/C12H17ClN2O2/c1-7(2)12(8(3)14)10-5-4-9(13)6-11(10)15(16)17/h4-8,12H,14H2,1-3H3. The first kappa shape index (κ1) is 13.9. The zero-order chi connectivity index (χ0) is 13.2. The van der Waals surface area contributed by atoms with Gasteiger partial charge in [-0.3, -0.25) is 10.1 Å². The quantitative estimate of drug-likeness (QED) is 0.664. The van der Waals surface area contributed by atoms with Crippen molar-refractivity contribution in [1.29, 1.82) is 0 Å². The van der Waals surface area contributed by atoms with Gasteiger partial charge < -0.3 is 5.73 Å². The number of nitrogens with zero attached hydrogens (tertiary/aromatic N) is 1. The van der Waals surface area contributed by atoms with E-state index in [9.17, 15) is 10.1 Å². The zero-order valence-corrected chi connectivity index (χ0v) is 10.9. The van der Waals surface area contributed by atoms with E-state index in [1.807, 2.05) is 20.8 Å². The predicted octanol–water partition coefficient (Wildman–Crippen LogP) is 3.34. The van der Waals surface area contributed by atoms with Crippen LogP contribution >= 0.6 is 11.6 Å². The Morgan fingerprint density at radius 1 is 1.35 bits per heavy atom. The van der Waals surface area contributed by atoms with E-state index in [4.69, 9.17) is 17.3 Å². The molecule has 0 radical (unpaired) electrons. The molecule has 1 aromatic carbocycles. The highest BCUT2D eigenvalue weighted by Crippen LogP contribution is 2.35. The van der Waals surface area contributed by atoms with E-state index in [-0.39, 0.29) is 23.6 Å². The maximum Gasteiger partial charge on any atom is 0.274 e. The van der Waals surface area contributed by atoms with Gasteiger partial charge >= 0.3 is 0 Å². The average molecular weight is 257 g/mol. The molecule has 0 amide bonds. The molecule has 2 N–H and O–H groups in total. The summed E-state index contributed by atoms with van der Waals surface area (Å²) in [5.41, 5.74) is 6.63. The molecule has 4 nitrogen and oxygen atoms in total. The lowest BCUT2D eigenvalue weighted by atomic mass is 9.82. The van der Waals surface area contributed by atoms with Gasteiger partial charge in [-0.05, 0) is 18.9 Å². The van der Waals surface area contributed by atoms with Crippen LogP contribution < -0.4 is 5.73 Å². The molecule has 1 aromatic rings. The van der Waals surface area contributed by atoms with Crippen molar-refractivity contribution in [1.82, 2.24) is 0 Å². The molecular weight excluding hydrogens is 240 g/mol. The van der Waals surface area contributed by atoms with E-state index >= 15 is 0 Å². The van der Waals surface area contributed by atoms with Crippen LogP contribution in [0.15, 0.2) is 18.2 Å². The van der Waals surface area contributed by atoms with E-state index in [0.29, 0.717) is 10.6 Å². The number of halogens is 1. The highest BCUT2D eigenvalue weighted by Gasteiger charge is 2.27. The average Bonchev–Trinajstić information content (AvgIpc) is 2.19. The van der Waals surface area contributed by atoms with Crippen LogP contribution in [-0.4, -0.2) is 11.0 Å². The van der Waals surface area contributed by atoms with E-state index < -0.39 is 4.92 Å². The largest absolute Gasteiger partial charge is 0.327 e. The predicted molar refractivity (Wildman–Crippen MR) is 69.3 cm³/mol. The Balaban J connectivity index is 3.32. The van der Waals surface area contributed by atoms with Crippen LogP contribution in [0.1, 0.15) is 32.3 Å². The van der Waals surface area contributed by atoms with Gasteiger partial charge in [-0.15, -0.1) is 0 Å². The Morgan fingerprint density at radius 3 is 2.35 bits per heavy atom. The first-order valence-electron chi connectivity index (χ1n) is 5.54. The summed E-state index contributed by atoms with van der Waals surface area (Å²) in [5.74, 6) is 0.183. The highest BCUT2D eigenvalue weighted by atomic mass is 35.5. The number of nitro groups is 1. The Hall–Kier alpha value is -1.13. The molecule has 0 aliphatic heterocycles. The molecule has 0 fully saturated rings. The second-order valence-electron chi connectivity index (χ2n) is 4.59. The van der Waals surface area contributed by atoms with E-state index in [2.05, 4.69) is 0 Å². The number of hydrogen-bond acceptors (Lipinski definition) is 3. The molecule has 17 heavy (non-hydrogen) atoms. The van der Waals surface area contributed by atoms with Gasteiger partial charge in [0.05, 0.1) is 4.92 Å². The van der Waals surface area contributed by atoms with Crippen molar-refractivity contribution in [3.63, 3.8) is 0 Å².